The molecule has 1 aromatic carbocycles. The number of hydrogen-bond donors (Lipinski definition) is 1. The average molecular weight is 282 g/mol. The quantitative estimate of drug-likeness (QED) is 0.920. The van der Waals surface area contributed by atoms with Gasteiger partial charge in [-0.1, -0.05) is 13.0 Å². The molecule has 0 bridgehead atoms. The van der Waals surface area contributed by atoms with Crippen LogP contribution in [-0.2, 0) is 16.0 Å². The molecule has 0 saturated carbocycles. The first-order chi connectivity index (χ1) is 10.2. The van der Waals surface area contributed by atoms with Gasteiger partial charge in [-0.25, -0.2) is 0 Å². The number of aromatic nitrogens is 2. The van der Waals surface area contributed by atoms with Crippen molar-refractivity contribution in [2.75, 3.05) is 7.11 Å². The van der Waals surface area contributed by atoms with Crippen molar-refractivity contribution >= 4 is 22.3 Å². The Hall–Kier alpha value is -2.10. The number of allylic oxidation sites excluding steroid dienone is 2. The summed E-state index contributed by atoms with van der Waals surface area (Å²) in [5.74, 6) is 0.710. The van der Waals surface area contributed by atoms with E-state index in [1.165, 1.54) is 16.5 Å². The van der Waals surface area contributed by atoms with Gasteiger partial charge in [-0.05, 0) is 36.5 Å². The lowest BCUT2D eigenvalue weighted by atomic mass is 9.70. The maximum absolute atomic E-state index is 12.2. The van der Waals surface area contributed by atoms with Crippen molar-refractivity contribution in [3.8, 4) is 0 Å². The highest BCUT2D eigenvalue weighted by molar-refractivity contribution is 6.06. The summed E-state index contributed by atoms with van der Waals surface area (Å²) in [5, 5.41) is 8.36. The minimum absolute atomic E-state index is 0.0487. The molecule has 0 spiro atoms. The Kier molecular flexibility index (Phi) is 2.52. The first-order valence-electron chi connectivity index (χ1n) is 7.47. The van der Waals surface area contributed by atoms with Crippen molar-refractivity contribution < 1.29 is 9.53 Å². The molecule has 108 valence electrons. The Morgan fingerprint density at radius 1 is 1.43 bits per heavy atom. The summed E-state index contributed by atoms with van der Waals surface area (Å²) in [6, 6.07) is 4.16. The van der Waals surface area contributed by atoms with E-state index in [-0.39, 0.29) is 11.2 Å². The molecule has 21 heavy (non-hydrogen) atoms. The predicted octanol–water partition coefficient (Wildman–Crippen LogP) is 3.24. The zero-order chi connectivity index (χ0) is 14.6. The molecule has 0 saturated heterocycles. The second-order valence-electron chi connectivity index (χ2n) is 6.06. The van der Waals surface area contributed by atoms with Gasteiger partial charge in [0.2, 0.25) is 0 Å². The van der Waals surface area contributed by atoms with Gasteiger partial charge in [0, 0.05) is 22.8 Å². The number of ketones is 1. The van der Waals surface area contributed by atoms with Gasteiger partial charge in [0.25, 0.3) is 0 Å². The Labute approximate surface area is 123 Å². The molecule has 0 amide bonds. The molecule has 1 atom stereocenters. The van der Waals surface area contributed by atoms with E-state index in [0.717, 1.165) is 30.4 Å². The molecule has 1 unspecified atom stereocenters. The van der Waals surface area contributed by atoms with Crippen LogP contribution in [0.2, 0.25) is 0 Å². The molecule has 4 nitrogen and oxygen atoms in total. The third-order valence-electron chi connectivity index (χ3n) is 5.24. The molecule has 0 radical (unpaired) electrons. The Morgan fingerprint density at radius 3 is 3.05 bits per heavy atom. The highest BCUT2D eigenvalue weighted by atomic mass is 16.5. The van der Waals surface area contributed by atoms with Crippen LogP contribution in [0.5, 0.6) is 0 Å². The molecule has 2 aliphatic rings. The summed E-state index contributed by atoms with van der Waals surface area (Å²) < 4.78 is 5.50. The molecule has 1 heterocycles. The number of H-pyrrole nitrogens is 1. The van der Waals surface area contributed by atoms with Crippen molar-refractivity contribution in [2.24, 2.45) is 5.41 Å². The monoisotopic (exact) mass is 282 g/mol. The highest BCUT2D eigenvalue weighted by Gasteiger charge is 2.47. The van der Waals surface area contributed by atoms with E-state index in [4.69, 9.17) is 4.74 Å². The molecular formula is C17H18N2O2. The van der Waals surface area contributed by atoms with Crippen LogP contribution in [0, 0.1) is 5.41 Å². The lowest BCUT2D eigenvalue weighted by molar-refractivity contribution is -0.119. The van der Waals surface area contributed by atoms with Crippen LogP contribution >= 0.6 is 0 Å². The van der Waals surface area contributed by atoms with E-state index < -0.39 is 0 Å². The fourth-order valence-corrected chi connectivity index (χ4v) is 4.09. The number of Topliss-reactive ketones (excluding diaryl/α,β-unsaturated/α-hetero) is 1. The van der Waals surface area contributed by atoms with E-state index >= 15 is 0 Å². The fourth-order valence-electron chi connectivity index (χ4n) is 4.09. The highest BCUT2D eigenvalue weighted by Crippen LogP contribution is 2.56. The number of benzene rings is 1. The van der Waals surface area contributed by atoms with E-state index in [1.807, 2.05) is 12.3 Å². The third-order valence-corrected chi connectivity index (χ3v) is 5.24. The topological polar surface area (TPSA) is 55.0 Å². The molecule has 0 aliphatic heterocycles. The zero-order valence-electron chi connectivity index (χ0n) is 12.3. The summed E-state index contributed by atoms with van der Waals surface area (Å²) in [6.07, 6.45) is 5.40. The summed E-state index contributed by atoms with van der Waals surface area (Å²) in [6.45, 7) is 2.21. The molecule has 4 heteroatoms. The van der Waals surface area contributed by atoms with E-state index in [9.17, 15) is 4.79 Å². The summed E-state index contributed by atoms with van der Waals surface area (Å²) in [7, 11) is 1.61. The molecule has 0 fully saturated rings. The zero-order valence-corrected chi connectivity index (χ0v) is 12.3. The number of methoxy groups -OCH3 is 1. The molecule has 4 rings (SSSR count). The minimum Gasteiger partial charge on any atom is -0.493 e. The van der Waals surface area contributed by atoms with Crippen molar-refractivity contribution in [1.82, 2.24) is 10.2 Å². The smallest absolute Gasteiger partial charge is 0.197 e. The molecular weight excluding hydrogens is 264 g/mol. The Morgan fingerprint density at radius 2 is 2.29 bits per heavy atom. The fraction of sp³-hybridized carbons (Fsp3) is 0.412. The maximum atomic E-state index is 12.2. The second-order valence-corrected chi connectivity index (χ2v) is 6.06. The third kappa shape index (κ3) is 1.50. The van der Waals surface area contributed by atoms with E-state index in [2.05, 4.69) is 23.2 Å². The van der Waals surface area contributed by atoms with Crippen molar-refractivity contribution in [1.29, 1.82) is 0 Å². The van der Waals surface area contributed by atoms with Crippen LogP contribution in [-0.4, -0.2) is 23.1 Å². The number of carbonyl (C=O) groups excluding carboxylic acids is 1. The Bertz CT molecular complexity index is 787. The molecule has 1 aromatic heterocycles. The lowest BCUT2D eigenvalue weighted by Crippen LogP contribution is -2.28. The van der Waals surface area contributed by atoms with E-state index in [0.29, 0.717) is 12.2 Å². The summed E-state index contributed by atoms with van der Waals surface area (Å²) in [4.78, 5) is 12.2. The van der Waals surface area contributed by atoms with Gasteiger partial charge in [-0.2, -0.15) is 5.10 Å². The predicted molar refractivity (Wildman–Crippen MR) is 80.7 cm³/mol. The van der Waals surface area contributed by atoms with Gasteiger partial charge in [0.1, 0.15) is 0 Å². The molecule has 2 aliphatic carbocycles. The average Bonchev–Trinajstić information content (AvgIpc) is 3.09. The largest absolute Gasteiger partial charge is 0.493 e. The standard InChI is InChI=1S/C17H18N2O2/c1-3-17-7-6-14(20)16(21-2)15(17)10-4-5-13-12(9-18-19-13)11(10)8-17/h4-5,9H,3,6-8H2,1-2H3,(H,18,19). The van der Waals surface area contributed by atoms with Crippen LogP contribution in [0.3, 0.4) is 0 Å². The number of nitrogens with one attached hydrogen (secondary N) is 1. The minimum atomic E-state index is 0.0487. The summed E-state index contributed by atoms with van der Waals surface area (Å²) in [5.41, 5.74) is 4.72. The van der Waals surface area contributed by atoms with Crippen molar-refractivity contribution in [2.45, 2.75) is 32.6 Å². The number of carbonyl (C=O) groups is 1. The first-order valence-corrected chi connectivity index (χ1v) is 7.47. The number of ether oxygens (including phenoxy) is 1. The number of hydrogen-bond acceptors (Lipinski definition) is 3. The van der Waals surface area contributed by atoms with Gasteiger partial charge in [0.05, 0.1) is 18.8 Å². The normalized spacial score (nSPS) is 24.4. The van der Waals surface area contributed by atoms with Crippen molar-refractivity contribution in [3.63, 3.8) is 0 Å². The number of rotatable bonds is 2. The van der Waals surface area contributed by atoms with Crippen LogP contribution in [0.4, 0.5) is 0 Å². The number of fused-ring (bicyclic) bond motifs is 5. The first kappa shape index (κ1) is 12.6. The van der Waals surface area contributed by atoms with Crippen molar-refractivity contribution in [3.05, 3.63) is 35.2 Å². The maximum Gasteiger partial charge on any atom is 0.197 e. The van der Waals surface area contributed by atoms with Gasteiger partial charge >= 0.3 is 0 Å². The second kappa shape index (κ2) is 4.20. The van der Waals surface area contributed by atoms with Gasteiger partial charge < -0.3 is 4.74 Å². The Balaban J connectivity index is 2.07. The van der Waals surface area contributed by atoms with Crippen LogP contribution in [0.1, 0.15) is 37.3 Å². The molecule has 1 N–H and O–H groups in total. The van der Waals surface area contributed by atoms with E-state index in [1.54, 1.807) is 7.11 Å². The molecule has 2 aromatic rings. The SMILES string of the molecule is CCC12CCC(=O)C(OC)=C1c1ccc3[nH]ncc3c1C2. The van der Waals surface area contributed by atoms with Gasteiger partial charge in [-0.15, -0.1) is 0 Å². The van der Waals surface area contributed by atoms with Crippen LogP contribution in [0.15, 0.2) is 24.1 Å². The summed E-state index contributed by atoms with van der Waals surface area (Å²) >= 11 is 0. The lowest BCUT2D eigenvalue weighted by Gasteiger charge is -2.34. The number of nitrogens with zero attached hydrogens (tertiary/aromatic N) is 1. The number of aromatic amines is 1. The van der Waals surface area contributed by atoms with Crippen LogP contribution < -0.4 is 0 Å². The van der Waals surface area contributed by atoms with Crippen LogP contribution in [0.25, 0.3) is 16.5 Å². The van der Waals surface area contributed by atoms with Gasteiger partial charge in [-0.3, -0.25) is 9.89 Å². The van der Waals surface area contributed by atoms with Gasteiger partial charge in [0.15, 0.2) is 11.5 Å².